The number of nitrogens with one attached hydrogen (secondary N) is 1. The van der Waals surface area contributed by atoms with Crippen LogP contribution in [0.5, 0.6) is 0 Å². The second-order valence-electron chi connectivity index (χ2n) is 9.10. The molecule has 2 aromatic heterocycles. The summed E-state index contributed by atoms with van der Waals surface area (Å²) in [5, 5.41) is 12.1. The van der Waals surface area contributed by atoms with Gasteiger partial charge in [0.15, 0.2) is 11.6 Å². The highest BCUT2D eigenvalue weighted by Gasteiger charge is 2.38. The monoisotopic (exact) mass is 430 g/mol. The Balaban J connectivity index is 1.33. The van der Waals surface area contributed by atoms with Crippen LogP contribution in [0, 0.1) is 0 Å². The lowest BCUT2D eigenvalue weighted by Gasteiger charge is -2.40. The van der Waals surface area contributed by atoms with Crippen molar-refractivity contribution in [1.29, 1.82) is 0 Å². The lowest BCUT2D eigenvalue weighted by atomic mass is 10.0. The summed E-state index contributed by atoms with van der Waals surface area (Å²) in [6.07, 6.45) is 12.2. The summed E-state index contributed by atoms with van der Waals surface area (Å²) < 4.78 is 2.06. The molecule has 1 aromatic carbocycles. The maximum absolute atomic E-state index is 5.03. The zero-order valence-electron chi connectivity index (χ0n) is 18.6. The van der Waals surface area contributed by atoms with Crippen molar-refractivity contribution < 1.29 is 0 Å². The van der Waals surface area contributed by atoms with E-state index in [0.717, 1.165) is 42.5 Å². The second-order valence-corrected chi connectivity index (χ2v) is 9.10. The minimum Gasteiger partial charge on any atom is -0.372 e. The molecule has 166 valence electrons. The van der Waals surface area contributed by atoms with Gasteiger partial charge in [-0.25, -0.2) is 4.98 Å². The lowest BCUT2D eigenvalue weighted by molar-refractivity contribution is 0.469. The summed E-state index contributed by atoms with van der Waals surface area (Å²) >= 11 is 0. The van der Waals surface area contributed by atoms with Gasteiger partial charge in [-0.05, 0) is 56.4 Å². The van der Waals surface area contributed by atoms with Gasteiger partial charge < -0.3 is 15.1 Å². The van der Waals surface area contributed by atoms with Crippen LogP contribution in [0.2, 0.25) is 0 Å². The Morgan fingerprint density at radius 3 is 2.56 bits per heavy atom. The number of nitrogens with zero attached hydrogens (tertiary/aromatic N) is 7. The Kier molecular flexibility index (Phi) is 4.92. The predicted octanol–water partition coefficient (Wildman–Crippen LogP) is 4.61. The van der Waals surface area contributed by atoms with Crippen LogP contribution < -0.4 is 15.1 Å². The Labute approximate surface area is 188 Å². The second kappa shape index (κ2) is 8.07. The molecule has 2 aliphatic heterocycles. The zero-order valence-corrected chi connectivity index (χ0v) is 18.6. The van der Waals surface area contributed by atoms with Gasteiger partial charge in [-0.1, -0.05) is 19.8 Å². The van der Waals surface area contributed by atoms with Crippen LogP contribution >= 0.6 is 0 Å². The van der Waals surface area contributed by atoms with Crippen molar-refractivity contribution in [3.05, 3.63) is 42.6 Å². The molecule has 8 heteroatoms. The SMILES string of the molecule is CCC1c2nncn2-c2cnc(Nc3ccc(N4CCCC4)cc3)nc2N1C1CCCC1. The molecule has 1 atom stereocenters. The van der Waals surface area contributed by atoms with Gasteiger partial charge in [0.05, 0.1) is 12.2 Å². The first-order valence-electron chi connectivity index (χ1n) is 12.0. The first-order valence-corrected chi connectivity index (χ1v) is 12.0. The van der Waals surface area contributed by atoms with E-state index < -0.39 is 0 Å². The molecule has 0 radical (unpaired) electrons. The third-order valence-corrected chi connectivity index (χ3v) is 7.16. The fourth-order valence-corrected chi connectivity index (χ4v) is 5.56. The van der Waals surface area contributed by atoms with Crippen LogP contribution in [0.4, 0.5) is 23.1 Å². The largest absolute Gasteiger partial charge is 0.372 e. The van der Waals surface area contributed by atoms with Gasteiger partial charge in [0.2, 0.25) is 5.95 Å². The molecule has 1 N–H and O–H groups in total. The van der Waals surface area contributed by atoms with Crippen molar-refractivity contribution in [2.45, 2.75) is 64.0 Å². The zero-order chi connectivity index (χ0) is 21.5. The molecule has 8 nitrogen and oxygen atoms in total. The molecule has 0 bridgehead atoms. The average molecular weight is 431 g/mol. The molecule has 32 heavy (non-hydrogen) atoms. The van der Waals surface area contributed by atoms with E-state index in [1.54, 1.807) is 6.33 Å². The Hall–Kier alpha value is -3.16. The molecule has 1 aliphatic carbocycles. The van der Waals surface area contributed by atoms with E-state index in [0.29, 0.717) is 12.0 Å². The minimum absolute atomic E-state index is 0.190. The van der Waals surface area contributed by atoms with E-state index in [1.165, 1.54) is 44.2 Å². The highest BCUT2D eigenvalue weighted by Crippen LogP contribution is 2.42. The quantitative estimate of drug-likeness (QED) is 0.633. The fourth-order valence-electron chi connectivity index (χ4n) is 5.56. The van der Waals surface area contributed by atoms with E-state index in [-0.39, 0.29) is 6.04 Å². The third kappa shape index (κ3) is 3.29. The fraction of sp³-hybridized carbons (Fsp3) is 0.500. The maximum Gasteiger partial charge on any atom is 0.229 e. The molecule has 2 fully saturated rings. The van der Waals surface area contributed by atoms with Crippen LogP contribution in [-0.4, -0.2) is 43.9 Å². The van der Waals surface area contributed by atoms with Gasteiger partial charge in [-0.3, -0.25) is 4.57 Å². The summed E-state index contributed by atoms with van der Waals surface area (Å²) in [5.41, 5.74) is 3.27. The number of fused-ring (bicyclic) bond motifs is 3. The Bertz CT molecular complexity index is 1080. The van der Waals surface area contributed by atoms with Crippen molar-refractivity contribution in [3.63, 3.8) is 0 Å². The first-order chi connectivity index (χ1) is 15.8. The van der Waals surface area contributed by atoms with Crippen molar-refractivity contribution in [1.82, 2.24) is 24.7 Å². The molecule has 1 unspecified atom stereocenters. The van der Waals surface area contributed by atoms with Gasteiger partial charge in [-0.15, -0.1) is 10.2 Å². The molecule has 3 aromatic rings. The van der Waals surface area contributed by atoms with Gasteiger partial charge >= 0.3 is 0 Å². The van der Waals surface area contributed by atoms with Crippen LogP contribution in [-0.2, 0) is 0 Å². The van der Waals surface area contributed by atoms with Crippen molar-refractivity contribution in [3.8, 4) is 5.69 Å². The molecular formula is C24H30N8. The molecular weight excluding hydrogens is 400 g/mol. The number of hydrogen-bond acceptors (Lipinski definition) is 7. The number of hydrogen-bond donors (Lipinski definition) is 1. The van der Waals surface area contributed by atoms with Gasteiger partial charge in [0.25, 0.3) is 0 Å². The van der Waals surface area contributed by atoms with E-state index in [2.05, 4.69) is 66.1 Å². The average Bonchev–Trinajstić information content (AvgIpc) is 3.61. The van der Waals surface area contributed by atoms with E-state index in [4.69, 9.17) is 4.98 Å². The van der Waals surface area contributed by atoms with Gasteiger partial charge in [0, 0.05) is 30.5 Å². The van der Waals surface area contributed by atoms with E-state index in [1.807, 2.05) is 6.20 Å². The standard InChI is InChI=1S/C24H30N8/c1-2-20-23-29-26-16-31(23)21-15-25-24(28-22(21)32(20)19-7-3-4-8-19)27-17-9-11-18(12-10-17)30-13-5-6-14-30/h9-12,15-16,19-20H,2-8,13-14H2,1H3,(H,25,27,28). The summed E-state index contributed by atoms with van der Waals surface area (Å²) in [5.74, 6) is 2.61. The van der Waals surface area contributed by atoms with Crippen molar-refractivity contribution in [2.24, 2.45) is 0 Å². The number of anilines is 4. The predicted molar refractivity (Wildman–Crippen MR) is 126 cm³/mol. The van der Waals surface area contributed by atoms with Crippen LogP contribution in [0.3, 0.4) is 0 Å². The van der Waals surface area contributed by atoms with Crippen molar-refractivity contribution in [2.75, 3.05) is 28.2 Å². The van der Waals surface area contributed by atoms with Crippen molar-refractivity contribution >= 4 is 23.1 Å². The molecule has 6 rings (SSSR count). The van der Waals surface area contributed by atoms with E-state index >= 15 is 0 Å². The molecule has 3 aliphatic rings. The molecule has 1 saturated heterocycles. The van der Waals surface area contributed by atoms with Crippen LogP contribution in [0.25, 0.3) is 5.69 Å². The maximum atomic E-state index is 5.03. The Morgan fingerprint density at radius 2 is 1.81 bits per heavy atom. The normalized spacial score (nSPS) is 20.5. The first kappa shape index (κ1) is 19.5. The highest BCUT2D eigenvalue weighted by atomic mass is 15.4. The lowest BCUT2D eigenvalue weighted by Crippen LogP contribution is -2.42. The molecule has 0 amide bonds. The minimum atomic E-state index is 0.190. The van der Waals surface area contributed by atoms with Gasteiger partial charge in [-0.2, -0.15) is 4.98 Å². The Morgan fingerprint density at radius 1 is 1.03 bits per heavy atom. The third-order valence-electron chi connectivity index (χ3n) is 7.16. The van der Waals surface area contributed by atoms with Gasteiger partial charge in [0.1, 0.15) is 12.0 Å². The number of aromatic nitrogens is 5. The molecule has 0 spiro atoms. The highest BCUT2D eigenvalue weighted by molar-refractivity contribution is 5.66. The topological polar surface area (TPSA) is 75.0 Å². The summed E-state index contributed by atoms with van der Waals surface area (Å²) in [7, 11) is 0. The molecule has 4 heterocycles. The van der Waals surface area contributed by atoms with Crippen LogP contribution in [0.1, 0.15) is 63.7 Å². The molecule has 1 saturated carbocycles. The smallest absolute Gasteiger partial charge is 0.229 e. The number of benzene rings is 1. The summed E-state index contributed by atoms with van der Waals surface area (Å²) in [6.45, 7) is 4.53. The summed E-state index contributed by atoms with van der Waals surface area (Å²) in [4.78, 5) is 14.6. The number of rotatable bonds is 5. The summed E-state index contributed by atoms with van der Waals surface area (Å²) in [6, 6.07) is 9.30. The van der Waals surface area contributed by atoms with E-state index in [9.17, 15) is 0 Å². The van der Waals surface area contributed by atoms with Crippen LogP contribution in [0.15, 0.2) is 36.8 Å².